The largest absolute Gasteiger partial charge is 0.492 e. The average Bonchev–Trinajstić information content (AvgIpc) is 2.35. The number of hydrogen-bond acceptors (Lipinski definition) is 4. The average molecular weight is 341 g/mol. The smallest absolute Gasteiger partial charge is 0.410 e. The third-order valence-electron chi connectivity index (χ3n) is 3.29. The monoisotopic (exact) mass is 340 g/mol. The standard InChI is InChI=1S/C16H21ClN2O4/c1-16(2,3)23-15(21)19-7-10(8-19)9-22-13-5-4-11(17)6-12(13)14(18)20/h4-6,10H,7-9H2,1-3H3,(H2,18,20). The molecule has 1 aliphatic rings. The van der Waals surface area contributed by atoms with Crippen LogP contribution in [0.4, 0.5) is 4.79 Å². The molecule has 2 rings (SSSR count). The molecule has 0 spiro atoms. The SMILES string of the molecule is CC(C)(C)OC(=O)N1CC(COc2ccc(Cl)cc2C(N)=O)C1. The molecule has 0 radical (unpaired) electrons. The number of nitrogens with two attached hydrogens (primary N) is 1. The number of rotatable bonds is 4. The Hall–Kier alpha value is -1.95. The Labute approximate surface area is 140 Å². The van der Waals surface area contributed by atoms with Crippen molar-refractivity contribution in [2.24, 2.45) is 11.7 Å². The molecular formula is C16H21ClN2O4. The Morgan fingerprint density at radius 2 is 2.00 bits per heavy atom. The van der Waals surface area contributed by atoms with Crippen LogP contribution in [0.3, 0.4) is 0 Å². The number of likely N-dealkylation sites (tertiary alicyclic amines) is 1. The van der Waals surface area contributed by atoms with Crippen LogP contribution in [0, 0.1) is 5.92 Å². The third-order valence-corrected chi connectivity index (χ3v) is 3.53. The lowest BCUT2D eigenvalue weighted by Gasteiger charge is -2.39. The van der Waals surface area contributed by atoms with Crippen molar-refractivity contribution in [1.82, 2.24) is 4.90 Å². The molecular weight excluding hydrogens is 320 g/mol. The van der Waals surface area contributed by atoms with Gasteiger partial charge in [-0.3, -0.25) is 4.79 Å². The lowest BCUT2D eigenvalue weighted by molar-refractivity contribution is -0.00783. The summed E-state index contributed by atoms with van der Waals surface area (Å²) >= 11 is 5.85. The van der Waals surface area contributed by atoms with E-state index < -0.39 is 11.5 Å². The zero-order valence-electron chi connectivity index (χ0n) is 13.5. The molecule has 2 amide bonds. The van der Waals surface area contributed by atoms with E-state index in [-0.39, 0.29) is 17.6 Å². The highest BCUT2D eigenvalue weighted by Crippen LogP contribution is 2.25. The fraction of sp³-hybridized carbons (Fsp3) is 0.500. The van der Waals surface area contributed by atoms with Crippen LogP contribution in [-0.2, 0) is 4.74 Å². The van der Waals surface area contributed by atoms with E-state index in [9.17, 15) is 9.59 Å². The quantitative estimate of drug-likeness (QED) is 0.913. The van der Waals surface area contributed by atoms with Crippen LogP contribution in [0.25, 0.3) is 0 Å². The van der Waals surface area contributed by atoms with Gasteiger partial charge in [-0.1, -0.05) is 11.6 Å². The molecule has 0 atom stereocenters. The number of ether oxygens (including phenoxy) is 2. The summed E-state index contributed by atoms with van der Waals surface area (Å²) in [5, 5.41) is 0.422. The first-order chi connectivity index (χ1) is 10.7. The van der Waals surface area contributed by atoms with Crippen LogP contribution in [-0.4, -0.2) is 42.2 Å². The molecule has 2 N–H and O–H groups in total. The van der Waals surface area contributed by atoms with Crippen LogP contribution in [0.15, 0.2) is 18.2 Å². The maximum Gasteiger partial charge on any atom is 0.410 e. The first kappa shape index (κ1) is 17.4. The molecule has 7 heteroatoms. The number of amides is 2. The van der Waals surface area contributed by atoms with Crippen molar-refractivity contribution < 1.29 is 19.1 Å². The van der Waals surface area contributed by atoms with E-state index in [0.29, 0.717) is 30.5 Å². The number of nitrogens with zero attached hydrogens (tertiary/aromatic N) is 1. The highest BCUT2D eigenvalue weighted by atomic mass is 35.5. The maximum atomic E-state index is 11.8. The fourth-order valence-electron chi connectivity index (χ4n) is 2.18. The topological polar surface area (TPSA) is 81.9 Å². The summed E-state index contributed by atoms with van der Waals surface area (Å²) < 4.78 is 10.9. The van der Waals surface area contributed by atoms with Gasteiger partial charge in [0.2, 0.25) is 0 Å². The van der Waals surface area contributed by atoms with Gasteiger partial charge in [0.1, 0.15) is 11.4 Å². The van der Waals surface area contributed by atoms with Crippen molar-refractivity contribution in [2.45, 2.75) is 26.4 Å². The highest BCUT2D eigenvalue weighted by molar-refractivity contribution is 6.31. The van der Waals surface area contributed by atoms with E-state index in [4.69, 9.17) is 26.8 Å². The molecule has 1 aliphatic heterocycles. The minimum Gasteiger partial charge on any atom is -0.492 e. The van der Waals surface area contributed by atoms with Crippen molar-refractivity contribution in [1.29, 1.82) is 0 Å². The molecule has 1 aromatic carbocycles. The van der Waals surface area contributed by atoms with E-state index in [2.05, 4.69) is 0 Å². The molecule has 23 heavy (non-hydrogen) atoms. The van der Waals surface area contributed by atoms with E-state index in [1.54, 1.807) is 17.0 Å². The summed E-state index contributed by atoms with van der Waals surface area (Å²) in [5.74, 6) is 0.00281. The maximum absolute atomic E-state index is 11.8. The number of carbonyl (C=O) groups is 2. The Balaban J connectivity index is 1.84. The predicted octanol–water partition coefficient (Wildman–Crippen LogP) is 2.68. The molecule has 126 valence electrons. The van der Waals surface area contributed by atoms with Gasteiger partial charge < -0.3 is 20.1 Å². The van der Waals surface area contributed by atoms with Crippen LogP contribution in [0.5, 0.6) is 5.75 Å². The second-order valence-electron chi connectivity index (χ2n) is 6.57. The van der Waals surface area contributed by atoms with Crippen LogP contribution >= 0.6 is 11.6 Å². The molecule has 1 fully saturated rings. The molecule has 0 unspecified atom stereocenters. The fourth-order valence-corrected chi connectivity index (χ4v) is 2.35. The summed E-state index contributed by atoms with van der Waals surface area (Å²) in [6.07, 6.45) is -0.321. The minimum atomic E-state index is -0.591. The van der Waals surface area contributed by atoms with Crippen LogP contribution in [0.2, 0.25) is 5.02 Å². The van der Waals surface area contributed by atoms with Gasteiger partial charge in [0.05, 0.1) is 12.2 Å². The molecule has 1 heterocycles. The molecule has 0 aromatic heterocycles. The number of halogens is 1. The van der Waals surface area contributed by atoms with Crippen molar-refractivity contribution in [3.05, 3.63) is 28.8 Å². The number of carbonyl (C=O) groups excluding carboxylic acids is 2. The predicted molar refractivity (Wildman–Crippen MR) is 86.8 cm³/mol. The normalized spacial score (nSPS) is 15.0. The molecule has 0 bridgehead atoms. The van der Waals surface area contributed by atoms with Gasteiger partial charge in [-0.2, -0.15) is 0 Å². The van der Waals surface area contributed by atoms with E-state index >= 15 is 0 Å². The number of primary amides is 1. The van der Waals surface area contributed by atoms with Crippen molar-refractivity contribution in [2.75, 3.05) is 19.7 Å². The molecule has 0 saturated carbocycles. The Morgan fingerprint density at radius 3 is 2.57 bits per heavy atom. The molecule has 6 nitrogen and oxygen atoms in total. The molecule has 1 aromatic rings. The Morgan fingerprint density at radius 1 is 1.35 bits per heavy atom. The summed E-state index contributed by atoms with van der Waals surface area (Å²) in [7, 11) is 0. The van der Waals surface area contributed by atoms with Gasteiger partial charge in [-0.15, -0.1) is 0 Å². The van der Waals surface area contributed by atoms with Crippen molar-refractivity contribution in [3.8, 4) is 5.75 Å². The Kier molecular flexibility index (Phi) is 5.04. The number of benzene rings is 1. The van der Waals surface area contributed by atoms with Gasteiger partial charge in [0.15, 0.2) is 0 Å². The highest BCUT2D eigenvalue weighted by Gasteiger charge is 2.34. The van der Waals surface area contributed by atoms with E-state index in [0.717, 1.165) is 0 Å². The summed E-state index contributed by atoms with van der Waals surface area (Å²) in [6.45, 7) is 7.01. The van der Waals surface area contributed by atoms with Crippen LogP contribution < -0.4 is 10.5 Å². The summed E-state index contributed by atoms with van der Waals surface area (Å²) in [5.41, 5.74) is 5.06. The van der Waals surface area contributed by atoms with Gasteiger partial charge in [-0.25, -0.2) is 4.79 Å². The summed E-state index contributed by atoms with van der Waals surface area (Å²) in [6, 6.07) is 4.73. The lowest BCUT2D eigenvalue weighted by atomic mass is 10.0. The third kappa shape index (κ3) is 4.76. The first-order valence-corrected chi connectivity index (χ1v) is 7.73. The number of hydrogen-bond donors (Lipinski definition) is 1. The van der Waals surface area contributed by atoms with Gasteiger partial charge in [-0.05, 0) is 39.0 Å². The summed E-state index contributed by atoms with van der Waals surface area (Å²) in [4.78, 5) is 24.8. The van der Waals surface area contributed by atoms with Gasteiger partial charge in [0.25, 0.3) is 5.91 Å². The van der Waals surface area contributed by atoms with Crippen molar-refractivity contribution >= 4 is 23.6 Å². The lowest BCUT2D eigenvalue weighted by Crippen LogP contribution is -2.53. The second-order valence-corrected chi connectivity index (χ2v) is 7.00. The first-order valence-electron chi connectivity index (χ1n) is 7.36. The van der Waals surface area contributed by atoms with E-state index in [1.165, 1.54) is 6.07 Å². The van der Waals surface area contributed by atoms with Gasteiger partial charge >= 0.3 is 6.09 Å². The Bertz CT molecular complexity index is 607. The molecule has 0 aliphatic carbocycles. The van der Waals surface area contributed by atoms with Crippen molar-refractivity contribution in [3.63, 3.8) is 0 Å². The molecule has 1 saturated heterocycles. The van der Waals surface area contributed by atoms with Gasteiger partial charge in [0, 0.05) is 24.0 Å². The minimum absolute atomic E-state index is 0.193. The zero-order valence-corrected chi connectivity index (χ0v) is 14.2. The van der Waals surface area contributed by atoms with Crippen LogP contribution in [0.1, 0.15) is 31.1 Å². The zero-order chi connectivity index (χ0) is 17.2. The van der Waals surface area contributed by atoms with E-state index in [1.807, 2.05) is 20.8 Å². The second kappa shape index (κ2) is 6.66.